The van der Waals surface area contributed by atoms with Crippen molar-refractivity contribution >= 4 is 5.91 Å². The highest BCUT2D eigenvalue weighted by molar-refractivity contribution is 5.93. The van der Waals surface area contributed by atoms with Crippen LogP contribution in [0.1, 0.15) is 57.8 Å². The number of carbonyl (C=O) groups excluding carboxylic acids is 1. The van der Waals surface area contributed by atoms with Gasteiger partial charge < -0.3 is 14.4 Å². The van der Waals surface area contributed by atoms with Crippen molar-refractivity contribution in [1.82, 2.24) is 4.90 Å². The van der Waals surface area contributed by atoms with Gasteiger partial charge >= 0.3 is 0 Å². The van der Waals surface area contributed by atoms with Crippen LogP contribution in [0, 0.1) is 0 Å². The third-order valence-electron chi connectivity index (χ3n) is 4.28. The van der Waals surface area contributed by atoms with Gasteiger partial charge in [-0.25, -0.2) is 0 Å². The molecular weight excluding hydrogens is 266 g/mol. The molecule has 4 heteroatoms. The molecular formula is C17H25NO3. The van der Waals surface area contributed by atoms with Crippen LogP contribution in [-0.2, 0) is 4.79 Å². The number of aliphatic hydroxyl groups excluding tert-OH is 1. The summed E-state index contributed by atoms with van der Waals surface area (Å²) in [6, 6.07) is 3.64. The van der Waals surface area contributed by atoms with Crippen molar-refractivity contribution in [3.05, 3.63) is 35.8 Å². The standard InChI is InChI=1S/C17H25NO3/c1-3-13(2)17(20)18-10-6-4-5-8-14(18)12-15(19)16-9-7-11-21-16/h3,7,9,11,14-15,19H,4-6,8,10,12H2,1-2H3/b13-3-. The van der Waals surface area contributed by atoms with E-state index in [9.17, 15) is 9.90 Å². The van der Waals surface area contributed by atoms with E-state index in [4.69, 9.17) is 4.42 Å². The molecule has 4 nitrogen and oxygen atoms in total. The highest BCUT2D eigenvalue weighted by Crippen LogP contribution is 2.27. The summed E-state index contributed by atoms with van der Waals surface area (Å²) in [7, 11) is 0. The molecule has 0 aromatic carbocycles. The largest absolute Gasteiger partial charge is 0.467 e. The van der Waals surface area contributed by atoms with Gasteiger partial charge in [-0.3, -0.25) is 4.79 Å². The smallest absolute Gasteiger partial charge is 0.249 e. The fraction of sp³-hybridized carbons (Fsp3) is 0.588. The highest BCUT2D eigenvalue weighted by atomic mass is 16.4. The third kappa shape index (κ3) is 3.97. The van der Waals surface area contributed by atoms with Crippen LogP contribution < -0.4 is 0 Å². The third-order valence-corrected chi connectivity index (χ3v) is 4.28. The maximum atomic E-state index is 12.5. The van der Waals surface area contributed by atoms with Crippen LogP contribution in [0.5, 0.6) is 0 Å². The van der Waals surface area contributed by atoms with Gasteiger partial charge in [0.1, 0.15) is 11.9 Å². The number of aliphatic hydroxyl groups is 1. The van der Waals surface area contributed by atoms with Crippen molar-refractivity contribution in [3.8, 4) is 0 Å². The first-order valence-corrected chi connectivity index (χ1v) is 7.78. The van der Waals surface area contributed by atoms with Gasteiger partial charge in [-0.2, -0.15) is 0 Å². The van der Waals surface area contributed by atoms with Crippen molar-refractivity contribution in [1.29, 1.82) is 0 Å². The van der Waals surface area contributed by atoms with Crippen LogP contribution in [0.4, 0.5) is 0 Å². The maximum absolute atomic E-state index is 12.5. The molecule has 0 radical (unpaired) electrons. The van der Waals surface area contributed by atoms with Gasteiger partial charge in [-0.1, -0.05) is 18.9 Å². The number of amides is 1. The van der Waals surface area contributed by atoms with E-state index in [1.54, 1.807) is 18.4 Å². The average Bonchev–Trinajstić information content (AvgIpc) is 2.94. The first-order chi connectivity index (χ1) is 10.1. The zero-order valence-electron chi connectivity index (χ0n) is 12.9. The van der Waals surface area contributed by atoms with Crippen molar-refractivity contribution in [2.45, 2.75) is 58.1 Å². The molecule has 1 N–H and O–H groups in total. The van der Waals surface area contributed by atoms with Crippen LogP contribution in [0.2, 0.25) is 0 Å². The molecule has 0 spiro atoms. The van der Waals surface area contributed by atoms with E-state index in [2.05, 4.69) is 0 Å². The topological polar surface area (TPSA) is 53.7 Å². The Kier molecular flexibility index (Phi) is 5.62. The van der Waals surface area contributed by atoms with E-state index < -0.39 is 6.10 Å². The van der Waals surface area contributed by atoms with E-state index in [0.717, 1.165) is 37.8 Å². The van der Waals surface area contributed by atoms with Crippen LogP contribution in [-0.4, -0.2) is 28.5 Å². The Labute approximate surface area is 126 Å². The van der Waals surface area contributed by atoms with E-state index >= 15 is 0 Å². The van der Waals surface area contributed by atoms with Crippen molar-refractivity contribution < 1.29 is 14.3 Å². The fourth-order valence-electron chi connectivity index (χ4n) is 2.89. The second-order valence-corrected chi connectivity index (χ2v) is 5.74. The number of hydrogen-bond acceptors (Lipinski definition) is 3. The van der Waals surface area contributed by atoms with Crippen LogP contribution in [0.3, 0.4) is 0 Å². The molecule has 1 fully saturated rings. The van der Waals surface area contributed by atoms with Gasteiger partial charge in [0.2, 0.25) is 5.91 Å². The Bertz CT molecular complexity index is 478. The van der Waals surface area contributed by atoms with Crippen LogP contribution in [0.15, 0.2) is 34.5 Å². The zero-order valence-corrected chi connectivity index (χ0v) is 12.9. The molecule has 116 valence electrons. The van der Waals surface area contributed by atoms with Gasteiger partial charge in [-0.05, 0) is 38.8 Å². The number of furan rings is 1. The Balaban J connectivity index is 2.10. The summed E-state index contributed by atoms with van der Waals surface area (Å²) in [6.45, 7) is 4.52. The van der Waals surface area contributed by atoms with Crippen LogP contribution >= 0.6 is 0 Å². The summed E-state index contributed by atoms with van der Waals surface area (Å²) < 4.78 is 5.27. The molecule has 1 aliphatic rings. The fourth-order valence-corrected chi connectivity index (χ4v) is 2.89. The SMILES string of the molecule is C/C=C(/C)C(=O)N1CCCCCC1CC(O)c1ccco1. The molecule has 2 rings (SSSR count). The first kappa shape index (κ1) is 15.8. The molecule has 2 unspecified atom stereocenters. The van der Waals surface area contributed by atoms with E-state index in [1.165, 1.54) is 0 Å². The molecule has 1 aromatic rings. The molecule has 0 saturated carbocycles. The average molecular weight is 291 g/mol. The lowest BCUT2D eigenvalue weighted by Crippen LogP contribution is -2.41. The van der Waals surface area contributed by atoms with Crippen molar-refractivity contribution in [3.63, 3.8) is 0 Å². The second-order valence-electron chi connectivity index (χ2n) is 5.74. The second kappa shape index (κ2) is 7.46. The first-order valence-electron chi connectivity index (χ1n) is 7.78. The molecule has 0 bridgehead atoms. The van der Waals surface area contributed by atoms with Crippen molar-refractivity contribution in [2.24, 2.45) is 0 Å². The number of allylic oxidation sites excluding steroid dienone is 1. The molecule has 0 aliphatic carbocycles. The van der Waals surface area contributed by atoms with Gasteiger partial charge in [-0.15, -0.1) is 0 Å². The summed E-state index contributed by atoms with van der Waals surface area (Å²) in [5.41, 5.74) is 0.773. The van der Waals surface area contributed by atoms with Gasteiger partial charge in [0.05, 0.1) is 6.26 Å². The number of hydrogen-bond donors (Lipinski definition) is 1. The number of nitrogens with zero attached hydrogens (tertiary/aromatic N) is 1. The van der Waals surface area contributed by atoms with Crippen LogP contribution in [0.25, 0.3) is 0 Å². The minimum Gasteiger partial charge on any atom is -0.467 e. The number of likely N-dealkylation sites (tertiary alicyclic amines) is 1. The summed E-state index contributed by atoms with van der Waals surface area (Å²) in [4.78, 5) is 14.5. The summed E-state index contributed by atoms with van der Waals surface area (Å²) >= 11 is 0. The lowest BCUT2D eigenvalue weighted by Gasteiger charge is -2.31. The Morgan fingerprint density at radius 3 is 3.00 bits per heavy atom. The van der Waals surface area contributed by atoms with Crippen molar-refractivity contribution in [2.75, 3.05) is 6.54 Å². The van der Waals surface area contributed by atoms with Gasteiger partial charge in [0, 0.05) is 24.6 Å². The quantitative estimate of drug-likeness (QED) is 0.865. The lowest BCUT2D eigenvalue weighted by molar-refractivity contribution is -0.130. The predicted octanol–water partition coefficient (Wildman–Crippen LogP) is 3.44. The molecule has 1 amide bonds. The predicted molar refractivity (Wildman–Crippen MR) is 81.7 cm³/mol. The summed E-state index contributed by atoms with van der Waals surface area (Å²) in [5.74, 6) is 0.672. The molecule has 2 heterocycles. The Morgan fingerprint density at radius 1 is 1.52 bits per heavy atom. The minimum absolute atomic E-state index is 0.0787. The van der Waals surface area contributed by atoms with E-state index in [0.29, 0.717) is 12.2 Å². The normalized spacial score (nSPS) is 22.0. The molecule has 2 atom stereocenters. The molecule has 1 saturated heterocycles. The summed E-state index contributed by atoms with van der Waals surface area (Å²) in [5, 5.41) is 10.3. The van der Waals surface area contributed by atoms with Gasteiger partial charge in [0.15, 0.2) is 0 Å². The maximum Gasteiger partial charge on any atom is 0.249 e. The molecule has 1 aliphatic heterocycles. The monoisotopic (exact) mass is 291 g/mol. The zero-order chi connectivity index (χ0) is 15.2. The van der Waals surface area contributed by atoms with E-state index in [-0.39, 0.29) is 11.9 Å². The Morgan fingerprint density at radius 2 is 2.33 bits per heavy atom. The molecule has 1 aromatic heterocycles. The molecule has 21 heavy (non-hydrogen) atoms. The number of carbonyl (C=O) groups is 1. The van der Waals surface area contributed by atoms with E-state index in [1.807, 2.05) is 24.8 Å². The lowest BCUT2D eigenvalue weighted by atomic mass is 10.0. The Hall–Kier alpha value is -1.55. The summed E-state index contributed by atoms with van der Waals surface area (Å²) in [6.07, 6.45) is 7.54. The minimum atomic E-state index is -0.649. The highest BCUT2D eigenvalue weighted by Gasteiger charge is 2.28. The van der Waals surface area contributed by atoms with Gasteiger partial charge in [0.25, 0.3) is 0 Å². The number of rotatable bonds is 4.